The van der Waals surface area contributed by atoms with Crippen LogP contribution >= 0.6 is 0 Å². The van der Waals surface area contributed by atoms with Crippen LogP contribution in [0.1, 0.15) is 335 Å². The molecule has 1 atom stereocenters. The highest BCUT2D eigenvalue weighted by Gasteiger charge is 2.19. The number of allylic oxidation sites excluding steroid dienone is 10. The molecule has 0 amide bonds. The van der Waals surface area contributed by atoms with Crippen LogP contribution in [0.3, 0.4) is 0 Å². The van der Waals surface area contributed by atoms with Gasteiger partial charge in [0.2, 0.25) is 0 Å². The second-order valence-corrected chi connectivity index (χ2v) is 21.6. The molecule has 0 aliphatic carbocycles. The molecule has 6 nitrogen and oxygen atoms in total. The molecule has 0 aromatic rings. The number of carbonyl (C=O) groups is 3. The summed E-state index contributed by atoms with van der Waals surface area (Å²) in [7, 11) is 0. The monoisotopic (exact) mass is 1030 g/mol. The Morgan fingerprint density at radius 3 is 0.824 bits per heavy atom. The molecule has 430 valence electrons. The van der Waals surface area contributed by atoms with Crippen LogP contribution in [-0.4, -0.2) is 37.2 Å². The lowest BCUT2D eigenvalue weighted by molar-refractivity contribution is -0.167. The minimum Gasteiger partial charge on any atom is -0.462 e. The molecule has 0 N–H and O–H groups in total. The summed E-state index contributed by atoms with van der Waals surface area (Å²) in [5.41, 5.74) is 0. The summed E-state index contributed by atoms with van der Waals surface area (Å²) >= 11 is 0. The topological polar surface area (TPSA) is 78.9 Å². The van der Waals surface area contributed by atoms with Crippen LogP contribution < -0.4 is 0 Å². The van der Waals surface area contributed by atoms with Gasteiger partial charge in [0, 0.05) is 19.3 Å². The Kier molecular flexibility index (Phi) is 60.2. The lowest BCUT2D eigenvalue weighted by Gasteiger charge is -2.18. The van der Waals surface area contributed by atoms with E-state index in [0.717, 1.165) is 103 Å². The van der Waals surface area contributed by atoms with Crippen molar-refractivity contribution in [2.45, 2.75) is 341 Å². The number of unbranched alkanes of at least 4 members (excludes halogenated alkanes) is 38. The van der Waals surface area contributed by atoms with E-state index < -0.39 is 6.10 Å². The number of carbonyl (C=O) groups excluding carboxylic acids is 3. The summed E-state index contributed by atoms with van der Waals surface area (Å²) in [6.45, 7) is 6.55. The third kappa shape index (κ3) is 60.0. The van der Waals surface area contributed by atoms with Crippen molar-refractivity contribution in [3.63, 3.8) is 0 Å². The quantitative estimate of drug-likeness (QED) is 0.0261. The SMILES string of the molecule is CC/C=C\C/C=C\C/C=C\CCCCCCCC(=O)OCC(COC(=O)CCCCCCCCCCCCC/C=C\C/C=C\CCCCCCC)OC(=O)CCCCCCCCCCCCCCCCCCCC. The molecule has 0 bridgehead atoms. The fraction of sp³-hybridized carbons (Fsp3) is 0.809. The van der Waals surface area contributed by atoms with E-state index in [4.69, 9.17) is 14.2 Å². The molecule has 0 spiro atoms. The van der Waals surface area contributed by atoms with Crippen LogP contribution in [0, 0.1) is 0 Å². The maximum absolute atomic E-state index is 12.9. The summed E-state index contributed by atoms with van der Waals surface area (Å²) < 4.78 is 16.9. The number of esters is 3. The number of hydrogen-bond donors (Lipinski definition) is 0. The Morgan fingerprint density at radius 2 is 0.527 bits per heavy atom. The summed E-state index contributed by atoms with van der Waals surface area (Å²) in [5, 5.41) is 0. The van der Waals surface area contributed by atoms with Gasteiger partial charge in [-0.15, -0.1) is 0 Å². The van der Waals surface area contributed by atoms with Crippen LogP contribution in [-0.2, 0) is 28.6 Å². The van der Waals surface area contributed by atoms with Crippen molar-refractivity contribution in [1.82, 2.24) is 0 Å². The average Bonchev–Trinajstić information content (AvgIpc) is 3.40. The fourth-order valence-electron chi connectivity index (χ4n) is 9.43. The van der Waals surface area contributed by atoms with Gasteiger partial charge in [-0.3, -0.25) is 14.4 Å². The largest absolute Gasteiger partial charge is 0.462 e. The molecule has 0 aromatic heterocycles. The van der Waals surface area contributed by atoms with Crippen molar-refractivity contribution in [2.75, 3.05) is 13.2 Å². The van der Waals surface area contributed by atoms with Gasteiger partial charge in [0.05, 0.1) is 0 Å². The van der Waals surface area contributed by atoms with E-state index in [0.29, 0.717) is 19.3 Å². The molecule has 0 heterocycles. The molecule has 74 heavy (non-hydrogen) atoms. The molecule has 0 saturated heterocycles. The second-order valence-electron chi connectivity index (χ2n) is 21.6. The zero-order valence-corrected chi connectivity index (χ0v) is 49.4. The van der Waals surface area contributed by atoms with Crippen LogP contribution in [0.4, 0.5) is 0 Å². The minimum atomic E-state index is -0.781. The Hall–Kier alpha value is -2.89. The average molecular weight is 1040 g/mol. The zero-order chi connectivity index (χ0) is 53.6. The van der Waals surface area contributed by atoms with Crippen molar-refractivity contribution < 1.29 is 28.6 Å². The maximum Gasteiger partial charge on any atom is 0.306 e. The van der Waals surface area contributed by atoms with Crippen molar-refractivity contribution in [3.8, 4) is 0 Å². The first kappa shape index (κ1) is 71.1. The minimum absolute atomic E-state index is 0.0777. The van der Waals surface area contributed by atoms with E-state index in [1.807, 2.05) is 0 Å². The fourth-order valence-corrected chi connectivity index (χ4v) is 9.43. The van der Waals surface area contributed by atoms with Crippen molar-refractivity contribution >= 4 is 17.9 Å². The molecule has 1 unspecified atom stereocenters. The van der Waals surface area contributed by atoms with Crippen LogP contribution in [0.2, 0.25) is 0 Å². The Morgan fingerprint density at radius 1 is 0.284 bits per heavy atom. The van der Waals surface area contributed by atoms with E-state index in [2.05, 4.69) is 81.5 Å². The highest BCUT2D eigenvalue weighted by atomic mass is 16.6. The smallest absolute Gasteiger partial charge is 0.306 e. The normalized spacial score (nSPS) is 12.4. The number of hydrogen-bond acceptors (Lipinski definition) is 6. The van der Waals surface area contributed by atoms with Gasteiger partial charge in [-0.2, -0.15) is 0 Å². The number of ether oxygens (including phenoxy) is 3. The van der Waals surface area contributed by atoms with E-state index >= 15 is 0 Å². The Balaban J connectivity index is 4.32. The Bertz CT molecular complexity index is 1330. The van der Waals surface area contributed by atoms with Gasteiger partial charge >= 0.3 is 17.9 Å². The molecular weight excluding hydrogens is 913 g/mol. The Labute approximate surface area is 460 Å². The maximum atomic E-state index is 12.9. The van der Waals surface area contributed by atoms with Crippen LogP contribution in [0.15, 0.2) is 60.8 Å². The molecule has 0 radical (unpaired) electrons. The van der Waals surface area contributed by atoms with Gasteiger partial charge < -0.3 is 14.2 Å². The lowest BCUT2D eigenvalue weighted by Crippen LogP contribution is -2.30. The van der Waals surface area contributed by atoms with Crippen LogP contribution in [0.25, 0.3) is 0 Å². The van der Waals surface area contributed by atoms with E-state index in [9.17, 15) is 14.4 Å². The third-order valence-corrected chi connectivity index (χ3v) is 14.3. The summed E-state index contributed by atoms with van der Waals surface area (Å²) in [6.07, 6.45) is 79.4. The lowest BCUT2D eigenvalue weighted by atomic mass is 10.0. The third-order valence-electron chi connectivity index (χ3n) is 14.3. The summed E-state index contributed by atoms with van der Waals surface area (Å²) in [4.78, 5) is 38.3. The van der Waals surface area contributed by atoms with Gasteiger partial charge in [0.25, 0.3) is 0 Å². The highest BCUT2D eigenvalue weighted by molar-refractivity contribution is 5.71. The molecule has 6 heteroatoms. The summed E-state index contributed by atoms with van der Waals surface area (Å²) in [6, 6.07) is 0. The molecular formula is C68H122O6. The zero-order valence-electron chi connectivity index (χ0n) is 49.4. The molecule has 0 rings (SSSR count). The van der Waals surface area contributed by atoms with E-state index in [1.165, 1.54) is 193 Å². The first-order valence-electron chi connectivity index (χ1n) is 32.3. The van der Waals surface area contributed by atoms with Gasteiger partial charge in [-0.05, 0) is 83.5 Å². The van der Waals surface area contributed by atoms with Crippen molar-refractivity contribution in [2.24, 2.45) is 0 Å². The van der Waals surface area contributed by atoms with Gasteiger partial charge in [0.1, 0.15) is 13.2 Å². The van der Waals surface area contributed by atoms with Crippen LogP contribution in [0.5, 0.6) is 0 Å². The molecule has 0 fully saturated rings. The standard InChI is InChI=1S/C68H122O6/c1-4-7-10-13-16-19-22-25-28-30-32-33-34-35-36-38-40-43-46-49-52-55-58-61-67(70)73-64-65(63-72-66(69)60-57-54-51-48-45-42-39-27-24-21-18-15-12-9-6-3)74-68(71)62-59-56-53-50-47-44-41-37-31-29-26-23-20-17-14-11-8-5-2/h9,12,18,21-22,25,27,30,32,39,65H,4-8,10-11,13-17,19-20,23-24,26,28-29,31,33-38,40-64H2,1-3H3/b12-9-,21-18-,25-22-,32-30-,39-27-. The van der Waals surface area contributed by atoms with Crippen molar-refractivity contribution in [1.29, 1.82) is 0 Å². The van der Waals surface area contributed by atoms with E-state index in [1.54, 1.807) is 0 Å². The predicted octanol–water partition coefficient (Wildman–Crippen LogP) is 21.9. The highest BCUT2D eigenvalue weighted by Crippen LogP contribution is 2.17. The molecule has 0 saturated carbocycles. The molecule has 0 aliphatic heterocycles. The van der Waals surface area contributed by atoms with Gasteiger partial charge in [-0.1, -0.05) is 293 Å². The first-order chi connectivity index (χ1) is 36.5. The summed E-state index contributed by atoms with van der Waals surface area (Å²) in [5.74, 6) is -0.877. The second kappa shape index (κ2) is 62.6. The van der Waals surface area contributed by atoms with Gasteiger partial charge in [0.15, 0.2) is 6.10 Å². The van der Waals surface area contributed by atoms with Gasteiger partial charge in [-0.25, -0.2) is 0 Å². The van der Waals surface area contributed by atoms with E-state index in [-0.39, 0.29) is 31.1 Å². The number of rotatable bonds is 59. The first-order valence-corrected chi connectivity index (χ1v) is 32.3. The molecule has 0 aliphatic rings. The molecule has 0 aromatic carbocycles. The van der Waals surface area contributed by atoms with Crippen molar-refractivity contribution in [3.05, 3.63) is 60.8 Å². The predicted molar refractivity (Wildman–Crippen MR) is 321 cm³/mol.